The molecule has 1 aromatic heterocycles. The Morgan fingerprint density at radius 2 is 1.77 bits per heavy atom. The van der Waals surface area contributed by atoms with Crippen LogP contribution in [0.4, 0.5) is 5.69 Å². The number of hydrogen-bond acceptors (Lipinski definition) is 3. The van der Waals surface area contributed by atoms with Crippen molar-refractivity contribution in [2.75, 3.05) is 5.32 Å². The first kappa shape index (κ1) is 19.7. The first-order valence-corrected chi connectivity index (χ1v) is 9.89. The van der Waals surface area contributed by atoms with E-state index in [-0.39, 0.29) is 11.3 Å². The molecule has 0 unspecified atom stereocenters. The summed E-state index contributed by atoms with van der Waals surface area (Å²) in [6.07, 6.45) is 0. The molecule has 3 aromatic carbocycles. The van der Waals surface area contributed by atoms with Gasteiger partial charge in [-0.1, -0.05) is 46.3 Å². The van der Waals surface area contributed by atoms with E-state index in [1.54, 1.807) is 29.8 Å². The zero-order valence-corrected chi connectivity index (χ0v) is 17.5. The number of anilines is 1. The van der Waals surface area contributed by atoms with Gasteiger partial charge < -0.3 is 19.7 Å². The van der Waals surface area contributed by atoms with Crippen LogP contribution in [0.2, 0.25) is 0 Å². The summed E-state index contributed by atoms with van der Waals surface area (Å²) >= 11 is 3.25. The number of carbonyl (C=O) groups is 2. The summed E-state index contributed by atoms with van der Waals surface area (Å²) in [5.41, 5.74) is 1.38. The highest BCUT2D eigenvalue weighted by molar-refractivity contribution is 9.10. The van der Waals surface area contributed by atoms with Crippen molar-refractivity contribution in [3.05, 3.63) is 88.5 Å². The van der Waals surface area contributed by atoms with Gasteiger partial charge >= 0.3 is 5.97 Å². The van der Waals surface area contributed by atoms with Crippen LogP contribution >= 0.6 is 15.9 Å². The molecule has 2 N–H and O–H groups in total. The number of carbonyl (C=O) groups excluding carboxylic acids is 1. The maximum Gasteiger partial charge on any atom is 0.337 e. The lowest BCUT2D eigenvalue weighted by Crippen LogP contribution is -2.17. The molecule has 150 valence electrons. The fourth-order valence-electron chi connectivity index (χ4n) is 3.28. The van der Waals surface area contributed by atoms with Crippen LogP contribution < -0.4 is 10.1 Å². The summed E-state index contributed by atoms with van der Waals surface area (Å²) in [6.45, 7) is 0. The standard InChI is InChI=1S/C23H17BrN2O4/c1-26-19(22(27)25-18-11-10-15(24)13-17(18)23(28)29)12-14-6-5-9-20(21(14)26)30-16-7-3-2-4-8-16/h2-13H,1H3,(H,25,27)(H,28,29). The van der Waals surface area contributed by atoms with Gasteiger partial charge in [0.2, 0.25) is 0 Å². The largest absolute Gasteiger partial charge is 0.478 e. The van der Waals surface area contributed by atoms with Gasteiger partial charge in [0.05, 0.1) is 16.8 Å². The molecular formula is C23H17BrN2O4. The smallest absolute Gasteiger partial charge is 0.337 e. The molecule has 0 saturated heterocycles. The van der Waals surface area contributed by atoms with E-state index in [4.69, 9.17) is 4.74 Å². The van der Waals surface area contributed by atoms with Crippen LogP contribution in [0.5, 0.6) is 11.5 Å². The third kappa shape index (κ3) is 3.79. The summed E-state index contributed by atoms with van der Waals surface area (Å²) in [6, 6.07) is 21.4. The lowest BCUT2D eigenvalue weighted by atomic mass is 10.1. The van der Waals surface area contributed by atoms with E-state index in [1.807, 2.05) is 48.5 Å². The lowest BCUT2D eigenvalue weighted by molar-refractivity contribution is 0.0698. The van der Waals surface area contributed by atoms with Crippen LogP contribution in [-0.2, 0) is 7.05 Å². The van der Waals surface area contributed by atoms with Crippen molar-refractivity contribution in [1.29, 1.82) is 0 Å². The Labute approximate surface area is 180 Å². The number of nitrogens with one attached hydrogen (secondary N) is 1. The Kier molecular flexibility index (Phi) is 5.29. The molecule has 0 fully saturated rings. The Morgan fingerprint density at radius 1 is 1.00 bits per heavy atom. The minimum absolute atomic E-state index is 0.00425. The number of ether oxygens (including phenoxy) is 1. The molecule has 4 aromatic rings. The Morgan fingerprint density at radius 3 is 2.50 bits per heavy atom. The molecule has 0 aliphatic rings. The van der Waals surface area contributed by atoms with Gasteiger partial charge in [-0.15, -0.1) is 0 Å². The minimum Gasteiger partial charge on any atom is -0.478 e. The van der Waals surface area contributed by atoms with Crippen molar-refractivity contribution in [2.45, 2.75) is 0 Å². The monoisotopic (exact) mass is 464 g/mol. The molecule has 0 atom stereocenters. The van der Waals surface area contributed by atoms with Gasteiger partial charge in [-0.3, -0.25) is 4.79 Å². The SMILES string of the molecule is Cn1c(C(=O)Nc2ccc(Br)cc2C(=O)O)cc2cccc(Oc3ccccc3)c21. The summed E-state index contributed by atoms with van der Waals surface area (Å²) in [4.78, 5) is 24.5. The van der Waals surface area contributed by atoms with Gasteiger partial charge in [0.25, 0.3) is 5.91 Å². The molecule has 6 nitrogen and oxygen atoms in total. The number of carboxylic acid groups (broad SMARTS) is 1. The molecule has 0 radical (unpaired) electrons. The third-order valence-electron chi connectivity index (χ3n) is 4.68. The fraction of sp³-hybridized carbons (Fsp3) is 0.0435. The molecule has 7 heteroatoms. The average molecular weight is 465 g/mol. The summed E-state index contributed by atoms with van der Waals surface area (Å²) < 4.78 is 8.37. The Hall–Kier alpha value is -3.58. The maximum absolute atomic E-state index is 13.0. The zero-order chi connectivity index (χ0) is 21.3. The Bertz CT molecular complexity index is 1270. The van der Waals surface area contributed by atoms with E-state index >= 15 is 0 Å². The number of aryl methyl sites for hydroxylation is 1. The highest BCUT2D eigenvalue weighted by Gasteiger charge is 2.19. The number of rotatable bonds is 5. The fourth-order valence-corrected chi connectivity index (χ4v) is 3.64. The van der Waals surface area contributed by atoms with Crippen LogP contribution in [0, 0.1) is 0 Å². The number of nitrogens with zero attached hydrogens (tertiary/aromatic N) is 1. The lowest BCUT2D eigenvalue weighted by Gasteiger charge is -2.11. The molecule has 30 heavy (non-hydrogen) atoms. The average Bonchev–Trinajstić information content (AvgIpc) is 3.07. The highest BCUT2D eigenvalue weighted by Crippen LogP contribution is 2.32. The molecule has 0 spiro atoms. The second-order valence-electron chi connectivity index (χ2n) is 6.65. The first-order chi connectivity index (χ1) is 14.4. The molecule has 1 amide bonds. The quantitative estimate of drug-likeness (QED) is 0.397. The van der Waals surface area contributed by atoms with Crippen LogP contribution in [0.1, 0.15) is 20.8 Å². The van der Waals surface area contributed by atoms with Crippen molar-refractivity contribution >= 4 is 44.4 Å². The third-order valence-corrected chi connectivity index (χ3v) is 5.18. The maximum atomic E-state index is 13.0. The molecule has 0 aliphatic heterocycles. The number of benzene rings is 3. The number of para-hydroxylation sites is 2. The van der Waals surface area contributed by atoms with E-state index in [0.29, 0.717) is 21.7 Å². The second-order valence-corrected chi connectivity index (χ2v) is 7.56. The number of aromatic nitrogens is 1. The van der Waals surface area contributed by atoms with Crippen LogP contribution in [0.3, 0.4) is 0 Å². The van der Waals surface area contributed by atoms with Crippen molar-refractivity contribution in [3.8, 4) is 11.5 Å². The summed E-state index contributed by atoms with van der Waals surface area (Å²) in [7, 11) is 1.77. The van der Waals surface area contributed by atoms with Gasteiger partial charge in [-0.2, -0.15) is 0 Å². The predicted octanol–water partition coefficient (Wildman–Crippen LogP) is 5.68. The molecule has 0 saturated carbocycles. The van der Waals surface area contributed by atoms with Gasteiger partial charge in [0.15, 0.2) is 5.75 Å². The van der Waals surface area contributed by atoms with Crippen molar-refractivity contribution < 1.29 is 19.4 Å². The van der Waals surface area contributed by atoms with Crippen molar-refractivity contribution in [3.63, 3.8) is 0 Å². The number of aromatic carboxylic acids is 1. The van der Waals surface area contributed by atoms with E-state index in [0.717, 1.165) is 10.9 Å². The van der Waals surface area contributed by atoms with Crippen molar-refractivity contribution in [2.24, 2.45) is 7.05 Å². The number of halogens is 1. The van der Waals surface area contributed by atoms with E-state index < -0.39 is 11.9 Å². The second kappa shape index (κ2) is 8.04. The van der Waals surface area contributed by atoms with E-state index in [9.17, 15) is 14.7 Å². The van der Waals surface area contributed by atoms with E-state index in [2.05, 4.69) is 21.2 Å². The van der Waals surface area contributed by atoms with Crippen molar-refractivity contribution in [1.82, 2.24) is 4.57 Å². The summed E-state index contributed by atoms with van der Waals surface area (Å²) in [5.74, 6) is -0.223. The number of amides is 1. The number of fused-ring (bicyclic) bond motifs is 1. The van der Waals surface area contributed by atoms with Gasteiger partial charge in [0.1, 0.15) is 11.4 Å². The topological polar surface area (TPSA) is 80.6 Å². The minimum atomic E-state index is -1.12. The van der Waals surface area contributed by atoms with Crippen LogP contribution in [0.15, 0.2) is 77.3 Å². The van der Waals surface area contributed by atoms with E-state index in [1.165, 1.54) is 6.07 Å². The molecule has 0 aliphatic carbocycles. The van der Waals surface area contributed by atoms with Gasteiger partial charge in [-0.05, 0) is 42.5 Å². The highest BCUT2D eigenvalue weighted by atomic mass is 79.9. The normalized spacial score (nSPS) is 10.7. The summed E-state index contributed by atoms with van der Waals surface area (Å²) in [5, 5.41) is 13.0. The number of hydrogen-bond donors (Lipinski definition) is 2. The molecule has 1 heterocycles. The predicted molar refractivity (Wildman–Crippen MR) is 118 cm³/mol. The molecule has 0 bridgehead atoms. The van der Waals surface area contributed by atoms with Crippen LogP contribution in [0.25, 0.3) is 10.9 Å². The van der Waals surface area contributed by atoms with Gasteiger partial charge in [-0.25, -0.2) is 4.79 Å². The number of carboxylic acids is 1. The van der Waals surface area contributed by atoms with Crippen LogP contribution in [-0.4, -0.2) is 21.6 Å². The molecular weight excluding hydrogens is 448 g/mol. The molecule has 4 rings (SSSR count). The Balaban J connectivity index is 1.70. The zero-order valence-electron chi connectivity index (χ0n) is 15.9. The van der Waals surface area contributed by atoms with Gasteiger partial charge in [0, 0.05) is 16.9 Å². The first-order valence-electron chi connectivity index (χ1n) is 9.09.